The zero-order valence-electron chi connectivity index (χ0n) is 12.3. The number of hydrogen-bond acceptors (Lipinski definition) is 4. The third-order valence-corrected chi connectivity index (χ3v) is 5.19. The molecule has 2 aliphatic heterocycles. The van der Waals surface area contributed by atoms with Crippen LogP contribution in [0.4, 0.5) is 0 Å². The predicted molar refractivity (Wildman–Crippen MR) is 83.3 cm³/mol. The van der Waals surface area contributed by atoms with Crippen molar-refractivity contribution in [3.63, 3.8) is 0 Å². The van der Waals surface area contributed by atoms with Crippen molar-refractivity contribution in [2.24, 2.45) is 23.3 Å². The Hall–Kier alpha value is -0.680. The maximum Gasteiger partial charge on any atom is 0.0168 e. The second-order valence-electron chi connectivity index (χ2n) is 6.52. The first kappa shape index (κ1) is 14.3. The Kier molecular flexibility index (Phi) is 4.56. The molecule has 2 aliphatic carbocycles. The summed E-state index contributed by atoms with van der Waals surface area (Å²) in [6, 6.07) is 0.852. The molecule has 0 bridgehead atoms. The van der Waals surface area contributed by atoms with Gasteiger partial charge in [0.2, 0.25) is 0 Å². The van der Waals surface area contributed by atoms with Gasteiger partial charge < -0.3 is 22.1 Å². The number of rotatable bonds is 0. The number of allylic oxidation sites excluding steroid dienone is 2. The molecule has 0 saturated carbocycles. The van der Waals surface area contributed by atoms with E-state index < -0.39 is 0 Å². The Morgan fingerprint density at radius 3 is 1.65 bits per heavy atom. The fourth-order valence-corrected chi connectivity index (χ4v) is 3.89. The van der Waals surface area contributed by atoms with E-state index in [1.807, 2.05) is 0 Å². The van der Waals surface area contributed by atoms with E-state index in [2.05, 4.69) is 22.8 Å². The highest BCUT2D eigenvalue weighted by Crippen LogP contribution is 2.26. The molecule has 4 heteroatoms. The lowest BCUT2D eigenvalue weighted by Crippen LogP contribution is -2.33. The molecule has 0 spiro atoms. The van der Waals surface area contributed by atoms with Gasteiger partial charge in [0.15, 0.2) is 0 Å². The quantitative estimate of drug-likeness (QED) is 0.486. The average molecular weight is 276 g/mol. The standard InChI is InChI=1S/2C8H14N2/c2*9-8-3-1-2-6-4-10-5-7(6)8/h2*2,7-8,10H,1,3-5,9H2. The second-order valence-corrected chi connectivity index (χ2v) is 6.52. The summed E-state index contributed by atoms with van der Waals surface area (Å²) in [5, 5.41) is 6.69. The van der Waals surface area contributed by atoms with Gasteiger partial charge in [0.25, 0.3) is 0 Å². The number of nitrogens with one attached hydrogen (secondary N) is 2. The van der Waals surface area contributed by atoms with Gasteiger partial charge in [-0.3, -0.25) is 0 Å². The van der Waals surface area contributed by atoms with Crippen molar-refractivity contribution in [2.45, 2.75) is 37.8 Å². The third kappa shape index (κ3) is 2.98. The first-order valence-corrected chi connectivity index (χ1v) is 8.06. The highest BCUT2D eigenvalue weighted by atomic mass is 14.9. The van der Waals surface area contributed by atoms with Crippen LogP contribution in [0.2, 0.25) is 0 Å². The summed E-state index contributed by atoms with van der Waals surface area (Å²) in [5.41, 5.74) is 15.0. The van der Waals surface area contributed by atoms with Crippen LogP contribution in [0.25, 0.3) is 0 Å². The van der Waals surface area contributed by atoms with Crippen LogP contribution in [0.5, 0.6) is 0 Å². The summed E-state index contributed by atoms with van der Waals surface area (Å²) in [6.07, 6.45) is 9.44. The van der Waals surface area contributed by atoms with Gasteiger partial charge in [-0.15, -0.1) is 0 Å². The molecule has 2 saturated heterocycles. The monoisotopic (exact) mass is 276 g/mol. The predicted octanol–water partition coefficient (Wildman–Crippen LogP) is 0.507. The lowest BCUT2D eigenvalue weighted by molar-refractivity contribution is 0.461. The van der Waals surface area contributed by atoms with E-state index in [1.54, 1.807) is 11.1 Å². The molecule has 0 aromatic rings. The lowest BCUT2D eigenvalue weighted by Gasteiger charge is -2.23. The van der Waals surface area contributed by atoms with Crippen molar-refractivity contribution in [2.75, 3.05) is 26.2 Å². The van der Waals surface area contributed by atoms with Crippen LogP contribution < -0.4 is 22.1 Å². The van der Waals surface area contributed by atoms with Gasteiger partial charge >= 0.3 is 0 Å². The minimum atomic E-state index is 0.426. The van der Waals surface area contributed by atoms with E-state index in [1.165, 1.54) is 25.7 Å². The van der Waals surface area contributed by atoms with E-state index in [-0.39, 0.29) is 0 Å². The van der Waals surface area contributed by atoms with Crippen LogP contribution in [0.15, 0.2) is 23.3 Å². The zero-order chi connectivity index (χ0) is 13.9. The van der Waals surface area contributed by atoms with Gasteiger partial charge in [0.1, 0.15) is 0 Å². The fraction of sp³-hybridized carbons (Fsp3) is 0.750. The molecule has 0 amide bonds. The molecule has 0 aromatic carbocycles. The fourth-order valence-electron chi connectivity index (χ4n) is 3.89. The van der Waals surface area contributed by atoms with Crippen molar-refractivity contribution in [1.29, 1.82) is 0 Å². The molecule has 2 fully saturated rings. The smallest absolute Gasteiger partial charge is 0.0168 e. The molecule has 112 valence electrons. The van der Waals surface area contributed by atoms with Crippen LogP contribution in [-0.2, 0) is 0 Å². The molecule has 4 atom stereocenters. The van der Waals surface area contributed by atoms with Gasteiger partial charge in [-0.05, 0) is 25.7 Å². The summed E-state index contributed by atoms with van der Waals surface area (Å²) in [6.45, 7) is 4.37. The number of nitrogens with two attached hydrogens (primary N) is 2. The SMILES string of the molecule is NC1CCC=C2CNCC21.NC1CCC=C2CNCC21. The minimum absolute atomic E-state index is 0.426. The Balaban J connectivity index is 0.000000121. The largest absolute Gasteiger partial charge is 0.327 e. The van der Waals surface area contributed by atoms with E-state index in [4.69, 9.17) is 11.5 Å². The molecular formula is C16H28N4. The zero-order valence-corrected chi connectivity index (χ0v) is 12.3. The molecular weight excluding hydrogens is 248 g/mol. The molecule has 2 heterocycles. The first-order chi connectivity index (χ1) is 9.75. The molecule has 4 aliphatic rings. The van der Waals surface area contributed by atoms with Crippen molar-refractivity contribution in [3.05, 3.63) is 23.3 Å². The Labute approximate surface area is 122 Å². The summed E-state index contributed by atoms with van der Waals surface area (Å²) >= 11 is 0. The van der Waals surface area contributed by atoms with Crippen LogP contribution in [0.1, 0.15) is 25.7 Å². The van der Waals surface area contributed by atoms with Crippen molar-refractivity contribution in [1.82, 2.24) is 10.6 Å². The summed E-state index contributed by atoms with van der Waals surface area (Å²) in [4.78, 5) is 0. The van der Waals surface area contributed by atoms with Crippen LogP contribution >= 0.6 is 0 Å². The van der Waals surface area contributed by atoms with Gasteiger partial charge in [0, 0.05) is 50.1 Å². The van der Waals surface area contributed by atoms with Gasteiger partial charge in [-0.2, -0.15) is 0 Å². The Bertz CT molecular complexity index is 363. The van der Waals surface area contributed by atoms with Crippen molar-refractivity contribution >= 4 is 0 Å². The molecule has 20 heavy (non-hydrogen) atoms. The normalized spacial score (nSPS) is 39.1. The van der Waals surface area contributed by atoms with Crippen molar-refractivity contribution < 1.29 is 0 Å². The van der Waals surface area contributed by atoms with E-state index in [0.717, 1.165) is 26.2 Å². The van der Waals surface area contributed by atoms with Gasteiger partial charge in [-0.1, -0.05) is 23.3 Å². The maximum absolute atomic E-state index is 5.94. The molecule has 4 nitrogen and oxygen atoms in total. The van der Waals surface area contributed by atoms with Crippen molar-refractivity contribution in [3.8, 4) is 0 Å². The Morgan fingerprint density at radius 1 is 0.800 bits per heavy atom. The average Bonchev–Trinajstić information content (AvgIpc) is 3.08. The van der Waals surface area contributed by atoms with E-state index in [9.17, 15) is 0 Å². The number of fused-ring (bicyclic) bond motifs is 2. The minimum Gasteiger partial charge on any atom is -0.327 e. The van der Waals surface area contributed by atoms with Crippen LogP contribution in [0, 0.1) is 11.8 Å². The van der Waals surface area contributed by atoms with E-state index in [0.29, 0.717) is 23.9 Å². The molecule has 4 unspecified atom stereocenters. The number of hydrogen-bond donors (Lipinski definition) is 4. The van der Waals surface area contributed by atoms with Crippen LogP contribution in [-0.4, -0.2) is 38.3 Å². The molecule has 0 radical (unpaired) electrons. The Morgan fingerprint density at radius 2 is 1.25 bits per heavy atom. The molecule has 4 rings (SSSR count). The van der Waals surface area contributed by atoms with Crippen LogP contribution in [0.3, 0.4) is 0 Å². The molecule has 0 aromatic heterocycles. The summed E-state index contributed by atoms with van der Waals surface area (Å²) in [7, 11) is 0. The van der Waals surface area contributed by atoms with E-state index >= 15 is 0 Å². The highest BCUT2D eigenvalue weighted by molar-refractivity contribution is 5.20. The first-order valence-electron chi connectivity index (χ1n) is 8.06. The molecule has 6 N–H and O–H groups in total. The third-order valence-electron chi connectivity index (χ3n) is 5.19. The van der Waals surface area contributed by atoms with Gasteiger partial charge in [-0.25, -0.2) is 0 Å². The summed E-state index contributed by atoms with van der Waals surface area (Å²) in [5.74, 6) is 1.32. The lowest BCUT2D eigenvalue weighted by atomic mass is 9.86. The second kappa shape index (κ2) is 6.39. The maximum atomic E-state index is 5.94. The highest BCUT2D eigenvalue weighted by Gasteiger charge is 2.29. The summed E-state index contributed by atoms with van der Waals surface area (Å²) < 4.78 is 0. The van der Waals surface area contributed by atoms with Gasteiger partial charge in [0.05, 0.1) is 0 Å². The topological polar surface area (TPSA) is 76.1 Å².